The van der Waals surface area contributed by atoms with E-state index in [0.717, 1.165) is 0 Å². The minimum Gasteiger partial charge on any atom is -0.304 e. The van der Waals surface area contributed by atoms with Gasteiger partial charge in [0.2, 0.25) is 0 Å². The van der Waals surface area contributed by atoms with Crippen LogP contribution in [0.5, 0.6) is 0 Å². The van der Waals surface area contributed by atoms with Crippen LogP contribution in [0.1, 0.15) is 34.1 Å². The van der Waals surface area contributed by atoms with Gasteiger partial charge in [-0.15, -0.1) is 0 Å². The molecule has 0 fully saturated rings. The molecule has 1 N–H and O–H groups in total. The molecule has 0 aliphatic heterocycles. The fourth-order valence-corrected chi connectivity index (χ4v) is 1.33. The number of nitrogens with one attached hydrogen (secondary N) is 1. The first-order valence-electron chi connectivity index (χ1n) is 4.61. The van der Waals surface area contributed by atoms with Crippen LogP contribution in [-0.4, -0.2) is 18.3 Å². The van der Waals surface area contributed by atoms with Crippen LogP contribution in [0.15, 0.2) is 0 Å². The van der Waals surface area contributed by atoms with Gasteiger partial charge in [-0.1, -0.05) is 27.2 Å². The molecular weight excluding hydrogens is 179 g/mol. The Hall–Kier alpha value is -0.250. The molecule has 2 atom stereocenters. The Balaban J connectivity index is 4.72. The third-order valence-corrected chi connectivity index (χ3v) is 2.73. The van der Waals surface area contributed by atoms with Gasteiger partial charge in [0.05, 0.1) is 0 Å². The summed E-state index contributed by atoms with van der Waals surface area (Å²) in [4.78, 5) is 0. The first kappa shape index (κ1) is 12.8. The number of hydrogen-bond donors (Lipinski definition) is 1. The lowest BCUT2D eigenvalue weighted by Crippen LogP contribution is -2.58. The van der Waals surface area contributed by atoms with Gasteiger partial charge in [0.15, 0.2) is 0 Å². The van der Waals surface area contributed by atoms with Crippen molar-refractivity contribution >= 4 is 0 Å². The average Bonchev–Trinajstić information content (AvgIpc) is 2.01. The van der Waals surface area contributed by atoms with Gasteiger partial charge in [-0.25, -0.2) is 0 Å². The van der Waals surface area contributed by atoms with E-state index in [1.165, 1.54) is 6.92 Å². The fourth-order valence-electron chi connectivity index (χ4n) is 1.33. The molecule has 0 aromatic rings. The van der Waals surface area contributed by atoms with Crippen LogP contribution in [0.3, 0.4) is 0 Å². The second-order valence-corrected chi connectivity index (χ2v) is 3.54. The summed E-state index contributed by atoms with van der Waals surface area (Å²) in [6.45, 7) is 6.64. The quantitative estimate of drug-likeness (QED) is 0.730. The van der Waals surface area contributed by atoms with Crippen molar-refractivity contribution in [2.45, 2.75) is 45.8 Å². The lowest BCUT2D eigenvalue weighted by molar-refractivity contribution is -0.205. The Morgan fingerprint density at radius 3 is 1.92 bits per heavy atom. The van der Waals surface area contributed by atoms with Gasteiger partial charge in [0.1, 0.15) is 5.54 Å². The van der Waals surface area contributed by atoms with E-state index in [4.69, 9.17) is 0 Å². The highest BCUT2D eigenvalue weighted by Crippen LogP contribution is 2.37. The molecule has 0 aliphatic carbocycles. The van der Waals surface area contributed by atoms with E-state index in [9.17, 15) is 13.2 Å². The molecule has 0 radical (unpaired) electrons. The summed E-state index contributed by atoms with van der Waals surface area (Å²) in [6.07, 6.45) is -3.67. The highest BCUT2D eigenvalue weighted by molar-refractivity contribution is 4.94. The third kappa shape index (κ3) is 2.59. The second-order valence-electron chi connectivity index (χ2n) is 3.54. The van der Waals surface area contributed by atoms with E-state index in [-0.39, 0.29) is 0 Å². The minimum absolute atomic E-state index is 0.334. The predicted octanol–water partition coefficient (Wildman–Crippen LogP) is 2.96. The molecule has 4 heteroatoms. The Kier molecular flexibility index (Phi) is 4.23. The highest BCUT2D eigenvalue weighted by Gasteiger charge is 2.53. The van der Waals surface area contributed by atoms with Crippen LogP contribution in [0, 0.1) is 5.92 Å². The van der Waals surface area contributed by atoms with E-state index < -0.39 is 17.6 Å². The summed E-state index contributed by atoms with van der Waals surface area (Å²) in [5, 5.41) is 2.52. The monoisotopic (exact) mass is 197 g/mol. The molecule has 80 valence electrons. The van der Waals surface area contributed by atoms with Gasteiger partial charge in [0, 0.05) is 0 Å². The standard InChI is InChI=1S/C9H18F3N/c1-5-7(3)8(4,13-6-2)9(10,11)12/h7,13H,5-6H2,1-4H3. The van der Waals surface area contributed by atoms with Gasteiger partial charge in [-0.05, 0) is 19.4 Å². The fraction of sp³-hybridized carbons (Fsp3) is 1.00. The van der Waals surface area contributed by atoms with Crippen molar-refractivity contribution in [2.24, 2.45) is 5.92 Å². The summed E-state index contributed by atoms with van der Waals surface area (Å²) in [5.41, 5.74) is -1.75. The maximum Gasteiger partial charge on any atom is 0.406 e. The van der Waals surface area contributed by atoms with Crippen LogP contribution in [0.25, 0.3) is 0 Å². The molecule has 0 amide bonds. The minimum atomic E-state index is -4.18. The van der Waals surface area contributed by atoms with Crippen molar-refractivity contribution in [3.63, 3.8) is 0 Å². The molecule has 0 heterocycles. The van der Waals surface area contributed by atoms with Crippen LogP contribution < -0.4 is 5.32 Å². The van der Waals surface area contributed by atoms with Crippen molar-refractivity contribution < 1.29 is 13.2 Å². The number of rotatable bonds is 4. The Morgan fingerprint density at radius 2 is 1.69 bits per heavy atom. The zero-order valence-electron chi connectivity index (χ0n) is 8.63. The first-order valence-corrected chi connectivity index (χ1v) is 4.61. The van der Waals surface area contributed by atoms with Crippen LogP contribution in [0.4, 0.5) is 13.2 Å². The SMILES string of the molecule is CCNC(C)(C(C)CC)C(F)(F)F. The van der Waals surface area contributed by atoms with Crippen molar-refractivity contribution in [3.8, 4) is 0 Å². The molecule has 2 unspecified atom stereocenters. The molecule has 0 aliphatic rings. The summed E-state index contributed by atoms with van der Waals surface area (Å²) in [5.74, 6) is -0.410. The molecule has 13 heavy (non-hydrogen) atoms. The lowest BCUT2D eigenvalue weighted by Gasteiger charge is -2.37. The number of alkyl halides is 3. The topological polar surface area (TPSA) is 12.0 Å². The molecular formula is C9H18F3N. The molecule has 0 bridgehead atoms. The van der Waals surface area contributed by atoms with Gasteiger partial charge in [0.25, 0.3) is 0 Å². The Bertz CT molecular complexity index is 155. The van der Waals surface area contributed by atoms with E-state index in [0.29, 0.717) is 13.0 Å². The molecule has 0 saturated heterocycles. The average molecular weight is 197 g/mol. The van der Waals surface area contributed by atoms with Gasteiger partial charge < -0.3 is 5.32 Å². The third-order valence-electron chi connectivity index (χ3n) is 2.73. The second kappa shape index (κ2) is 4.31. The summed E-state index contributed by atoms with van der Waals surface area (Å²) in [6, 6.07) is 0. The smallest absolute Gasteiger partial charge is 0.304 e. The van der Waals surface area contributed by atoms with E-state index in [1.54, 1.807) is 20.8 Å². The molecule has 0 aromatic carbocycles. The van der Waals surface area contributed by atoms with Crippen LogP contribution in [-0.2, 0) is 0 Å². The molecule has 0 spiro atoms. The molecule has 1 nitrogen and oxygen atoms in total. The van der Waals surface area contributed by atoms with Crippen molar-refractivity contribution in [1.29, 1.82) is 0 Å². The van der Waals surface area contributed by atoms with Gasteiger partial charge >= 0.3 is 6.18 Å². The highest BCUT2D eigenvalue weighted by atomic mass is 19.4. The maximum absolute atomic E-state index is 12.7. The zero-order valence-corrected chi connectivity index (χ0v) is 8.63. The predicted molar refractivity (Wildman–Crippen MR) is 47.6 cm³/mol. The molecule has 0 aromatic heterocycles. The normalized spacial score (nSPS) is 19.6. The summed E-state index contributed by atoms with van der Waals surface area (Å²) in [7, 11) is 0. The van der Waals surface area contributed by atoms with Crippen molar-refractivity contribution in [3.05, 3.63) is 0 Å². The number of hydrogen-bond acceptors (Lipinski definition) is 1. The number of halogens is 3. The molecule has 0 rings (SSSR count). The van der Waals surface area contributed by atoms with Gasteiger partial charge in [-0.2, -0.15) is 13.2 Å². The van der Waals surface area contributed by atoms with Crippen LogP contribution >= 0.6 is 0 Å². The van der Waals surface area contributed by atoms with Gasteiger partial charge in [-0.3, -0.25) is 0 Å². The molecule has 0 saturated carbocycles. The van der Waals surface area contributed by atoms with E-state index in [1.807, 2.05) is 0 Å². The van der Waals surface area contributed by atoms with Crippen LogP contribution in [0.2, 0.25) is 0 Å². The van der Waals surface area contributed by atoms with Crippen molar-refractivity contribution in [1.82, 2.24) is 5.32 Å². The maximum atomic E-state index is 12.7. The Morgan fingerprint density at radius 1 is 1.23 bits per heavy atom. The zero-order chi connectivity index (χ0) is 10.7. The van der Waals surface area contributed by atoms with E-state index >= 15 is 0 Å². The first-order chi connectivity index (χ1) is 5.79. The summed E-state index contributed by atoms with van der Waals surface area (Å²) < 4.78 is 38.0. The largest absolute Gasteiger partial charge is 0.406 e. The van der Waals surface area contributed by atoms with E-state index in [2.05, 4.69) is 5.32 Å². The van der Waals surface area contributed by atoms with Crippen molar-refractivity contribution in [2.75, 3.05) is 6.54 Å². The Labute approximate surface area is 77.7 Å². The lowest BCUT2D eigenvalue weighted by atomic mass is 9.84. The summed E-state index contributed by atoms with van der Waals surface area (Å²) >= 11 is 0.